The van der Waals surface area contributed by atoms with Crippen molar-refractivity contribution in [1.82, 2.24) is 5.06 Å². The highest BCUT2D eigenvalue weighted by Crippen LogP contribution is 2.28. The fourth-order valence-corrected chi connectivity index (χ4v) is 1.72. The zero-order chi connectivity index (χ0) is 9.84. The van der Waals surface area contributed by atoms with Crippen LogP contribution in [-0.2, 0) is 6.54 Å². The monoisotopic (exact) mass is 245 g/mol. The van der Waals surface area contributed by atoms with Gasteiger partial charge in [-0.3, -0.25) is 0 Å². The van der Waals surface area contributed by atoms with E-state index in [2.05, 4.69) is 15.9 Å². The minimum atomic E-state index is 0.447. The summed E-state index contributed by atoms with van der Waals surface area (Å²) >= 11 is 3.37. The second-order valence-corrected chi connectivity index (χ2v) is 3.60. The quantitative estimate of drug-likeness (QED) is 0.830. The first-order chi connectivity index (χ1) is 6.15. The van der Waals surface area contributed by atoms with Crippen molar-refractivity contribution in [2.75, 3.05) is 14.2 Å². The molecular weight excluding hydrogens is 234 g/mol. The van der Waals surface area contributed by atoms with E-state index in [-0.39, 0.29) is 0 Å². The van der Waals surface area contributed by atoms with Crippen LogP contribution in [0.15, 0.2) is 22.7 Å². The number of hydrogen-bond donors (Lipinski definition) is 1. The molecule has 0 saturated carbocycles. The van der Waals surface area contributed by atoms with Crippen LogP contribution in [0.4, 0.5) is 0 Å². The number of benzene rings is 1. The average molecular weight is 246 g/mol. The number of halogens is 1. The molecule has 0 heterocycles. The van der Waals surface area contributed by atoms with Crippen molar-refractivity contribution in [3.05, 3.63) is 28.2 Å². The zero-order valence-corrected chi connectivity index (χ0v) is 9.21. The third-order valence-corrected chi connectivity index (χ3v) is 2.28. The fourth-order valence-electron chi connectivity index (χ4n) is 1.15. The van der Waals surface area contributed by atoms with Gasteiger partial charge in [0.05, 0.1) is 18.1 Å². The Bertz CT molecular complexity index is 289. The Morgan fingerprint density at radius 3 is 2.77 bits per heavy atom. The number of methoxy groups -OCH3 is 1. The maximum absolute atomic E-state index is 9.08. The van der Waals surface area contributed by atoms with Gasteiger partial charge in [0.2, 0.25) is 0 Å². The smallest absolute Gasteiger partial charge is 0.137 e. The lowest BCUT2D eigenvalue weighted by atomic mass is 10.2. The molecule has 13 heavy (non-hydrogen) atoms. The van der Waals surface area contributed by atoms with Crippen LogP contribution in [-0.4, -0.2) is 24.4 Å². The van der Waals surface area contributed by atoms with E-state index in [4.69, 9.17) is 9.94 Å². The van der Waals surface area contributed by atoms with Crippen molar-refractivity contribution >= 4 is 15.9 Å². The highest BCUT2D eigenvalue weighted by atomic mass is 79.9. The van der Waals surface area contributed by atoms with Crippen molar-refractivity contribution < 1.29 is 9.94 Å². The van der Waals surface area contributed by atoms with Crippen LogP contribution < -0.4 is 4.74 Å². The molecule has 0 aliphatic heterocycles. The van der Waals surface area contributed by atoms with Gasteiger partial charge in [0.15, 0.2) is 0 Å². The Morgan fingerprint density at radius 2 is 2.23 bits per heavy atom. The summed E-state index contributed by atoms with van der Waals surface area (Å²) in [6.07, 6.45) is 0. The molecule has 0 spiro atoms. The molecule has 1 aromatic rings. The van der Waals surface area contributed by atoms with Crippen LogP contribution in [0.25, 0.3) is 0 Å². The second kappa shape index (κ2) is 4.60. The molecule has 0 atom stereocenters. The molecule has 0 unspecified atom stereocenters. The average Bonchev–Trinajstić information content (AvgIpc) is 2.03. The summed E-state index contributed by atoms with van der Waals surface area (Å²) in [6, 6.07) is 5.72. The zero-order valence-electron chi connectivity index (χ0n) is 7.62. The molecule has 0 fully saturated rings. The van der Waals surface area contributed by atoms with Crippen LogP contribution in [0.1, 0.15) is 5.56 Å². The number of nitrogens with zero attached hydrogens (tertiary/aromatic N) is 1. The standard InChI is InChI=1S/C9H12BrNO2/c1-11(12)6-7-4-3-5-8(10)9(7)13-2/h3-5,12H,6H2,1-2H3. The van der Waals surface area contributed by atoms with Crippen LogP contribution in [0.3, 0.4) is 0 Å². The number of ether oxygens (including phenoxy) is 1. The Hall–Kier alpha value is -0.580. The van der Waals surface area contributed by atoms with Gasteiger partial charge in [-0.05, 0) is 22.0 Å². The highest BCUT2D eigenvalue weighted by molar-refractivity contribution is 9.10. The van der Waals surface area contributed by atoms with E-state index in [1.165, 1.54) is 0 Å². The summed E-state index contributed by atoms with van der Waals surface area (Å²) in [5.41, 5.74) is 0.946. The topological polar surface area (TPSA) is 32.7 Å². The number of hydroxylamine groups is 2. The number of hydrogen-bond acceptors (Lipinski definition) is 3. The molecule has 0 aliphatic rings. The van der Waals surface area contributed by atoms with Crippen LogP contribution in [0, 0.1) is 0 Å². The summed E-state index contributed by atoms with van der Waals surface area (Å²) in [4.78, 5) is 0. The van der Waals surface area contributed by atoms with Gasteiger partial charge in [0.1, 0.15) is 5.75 Å². The van der Waals surface area contributed by atoms with Gasteiger partial charge in [-0.1, -0.05) is 12.1 Å². The Labute approximate surface area is 86.0 Å². The third-order valence-electron chi connectivity index (χ3n) is 1.65. The van der Waals surface area contributed by atoms with E-state index in [1.807, 2.05) is 18.2 Å². The van der Waals surface area contributed by atoms with Crippen molar-refractivity contribution in [3.8, 4) is 5.75 Å². The molecule has 72 valence electrons. The van der Waals surface area contributed by atoms with Gasteiger partial charge in [-0.25, -0.2) is 0 Å². The highest BCUT2D eigenvalue weighted by Gasteiger charge is 2.07. The van der Waals surface area contributed by atoms with E-state index >= 15 is 0 Å². The molecular formula is C9H12BrNO2. The summed E-state index contributed by atoms with van der Waals surface area (Å²) < 4.78 is 6.09. The molecule has 0 aliphatic carbocycles. The van der Waals surface area contributed by atoms with Gasteiger partial charge >= 0.3 is 0 Å². The minimum absolute atomic E-state index is 0.447. The van der Waals surface area contributed by atoms with E-state index in [1.54, 1.807) is 14.2 Å². The Kier molecular flexibility index (Phi) is 3.71. The minimum Gasteiger partial charge on any atom is -0.495 e. The maximum Gasteiger partial charge on any atom is 0.137 e. The van der Waals surface area contributed by atoms with Gasteiger partial charge in [0, 0.05) is 12.6 Å². The lowest BCUT2D eigenvalue weighted by Gasteiger charge is -2.12. The largest absolute Gasteiger partial charge is 0.495 e. The summed E-state index contributed by atoms with van der Waals surface area (Å²) in [6.45, 7) is 0.447. The Balaban J connectivity index is 2.98. The lowest BCUT2D eigenvalue weighted by Crippen LogP contribution is -2.12. The molecule has 4 heteroatoms. The number of rotatable bonds is 3. The van der Waals surface area contributed by atoms with Crippen molar-refractivity contribution in [3.63, 3.8) is 0 Å². The summed E-state index contributed by atoms with van der Waals surface area (Å²) in [7, 11) is 3.21. The van der Waals surface area contributed by atoms with Crippen LogP contribution in [0.5, 0.6) is 5.75 Å². The third kappa shape index (κ3) is 2.69. The number of para-hydroxylation sites is 1. The maximum atomic E-state index is 9.08. The van der Waals surface area contributed by atoms with Gasteiger partial charge in [0.25, 0.3) is 0 Å². The molecule has 0 bridgehead atoms. The summed E-state index contributed by atoms with van der Waals surface area (Å²) in [5, 5.41) is 10.2. The summed E-state index contributed by atoms with van der Waals surface area (Å²) in [5.74, 6) is 0.767. The molecule has 0 radical (unpaired) electrons. The van der Waals surface area contributed by atoms with Gasteiger partial charge in [-0.15, -0.1) is 0 Å². The molecule has 0 amide bonds. The molecule has 1 N–H and O–H groups in total. The van der Waals surface area contributed by atoms with Crippen molar-refractivity contribution in [2.45, 2.75) is 6.54 Å². The molecule has 0 saturated heterocycles. The lowest BCUT2D eigenvalue weighted by molar-refractivity contribution is -0.0735. The van der Waals surface area contributed by atoms with Crippen LogP contribution >= 0.6 is 15.9 Å². The molecule has 0 aromatic heterocycles. The van der Waals surface area contributed by atoms with Crippen molar-refractivity contribution in [1.29, 1.82) is 0 Å². The Morgan fingerprint density at radius 1 is 1.54 bits per heavy atom. The van der Waals surface area contributed by atoms with E-state index in [9.17, 15) is 0 Å². The molecule has 1 rings (SSSR count). The first kappa shape index (κ1) is 10.5. The van der Waals surface area contributed by atoms with Crippen LogP contribution in [0.2, 0.25) is 0 Å². The first-order valence-electron chi connectivity index (χ1n) is 3.86. The normalized spacial score (nSPS) is 10.5. The van der Waals surface area contributed by atoms with E-state index in [0.717, 1.165) is 20.8 Å². The van der Waals surface area contributed by atoms with E-state index in [0.29, 0.717) is 6.54 Å². The van der Waals surface area contributed by atoms with Gasteiger partial charge < -0.3 is 9.94 Å². The predicted molar refractivity (Wildman–Crippen MR) is 53.9 cm³/mol. The predicted octanol–water partition coefficient (Wildman–Crippen LogP) is 2.28. The van der Waals surface area contributed by atoms with Crippen molar-refractivity contribution in [2.24, 2.45) is 0 Å². The second-order valence-electron chi connectivity index (χ2n) is 2.75. The van der Waals surface area contributed by atoms with E-state index < -0.39 is 0 Å². The molecule has 3 nitrogen and oxygen atoms in total. The van der Waals surface area contributed by atoms with Gasteiger partial charge in [-0.2, -0.15) is 5.06 Å². The molecule has 1 aromatic carbocycles. The SMILES string of the molecule is COc1c(Br)cccc1CN(C)O. The fraction of sp³-hybridized carbons (Fsp3) is 0.333. The first-order valence-corrected chi connectivity index (χ1v) is 4.66.